The second-order valence-corrected chi connectivity index (χ2v) is 8.44. The molecule has 0 amide bonds. The molecule has 0 aliphatic carbocycles. The lowest BCUT2D eigenvalue weighted by Crippen LogP contribution is -2.18. The van der Waals surface area contributed by atoms with Gasteiger partial charge in [0.1, 0.15) is 11.6 Å². The van der Waals surface area contributed by atoms with Crippen LogP contribution in [0.2, 0.25) is 0 Å². The molecule has 6 heteroatoms. The number of fused-ring (bicyclic) bond motifs is 1. The van der Waals surface area contributed by atoms with Crippen molar-refractivity contribution >= 4 is 29.1 Å². The van der Waals surface area contributed by atoms with E-state index in [1.807, 2.05) is 30.3 Å². The molecule has 0 fully saturated rings. The maximum Gasteiger partial charge on any atom is 0.303 e. The van der Waals surface area contributed by atoms with E-state index < -0.39 is 5.97 Å². The van der Waals surface area contributed by atoms with Crippen LogP contribution in [0.3, 0.4) is 0 Å². The Hall–Kier alpha value is -3.41. The van der Waals surface area contributed by atoms with Gasteiger partial charge in [-0.05, 0) is 88.3 Å². The van der Waals surface area contributed by atoms with E-state index in [9.17, 15) is 9.18 Å². The number of hydrogen-bond donors (Lipinski definition) is 2. The van der Waals surface area contributed by atoms with Crippen molar-refractivity contribution in [2.45, 2.75) is 32.4 Å². The number of halogens is 2. The molecule has 0 bridgehead atoms. The van der Waals surface area contributed by atoms with Crippen LogP contribution in [0.15, 0.2) is 78.9 Å². The van der Waals surface area contributed by atoms with Crippen molar-refractivity contribution in [3.63, 3.8) is 0 Å². The molecule has 0 saturated carbocycles. The number of rotatable bonds is 9. The van der Waals surface area contributed by atoms with Crippen molar-refractivity contribution in [1.82, 2.24) is 5.32 Å². The zero-order chi connectivity index (χ0) is 24.1. The summed E-state index contributed by atoms with van der Waals surface area (Å²) in [5, 5.41) is 14.8. The Morgan fingerprint density at radius 1 is 1.03 bits per heavy atom. The highest BCUT2D eigenvalue weighted by Crippen LogP contribution is 2.32. The van der Waals surface area contributed by atoms with Gasteiger partial charge in [-0.2, -0.15) is 0 Å². The molecule has 4 rings (SSSR count). The zero-order valence-electron chi connectivity index (χ0n) is 19.8. The molecule has 0 heterocycles. The van der Waals surface area contributed by atoms with Crippen molar-refractivity contribution in [2.24, 2.45) is 0 Å². The highest BCUT2D eigenvalue weighted by atomic mass is 35.5. The average Bonchev–Trinajstić information content (AvgIpc) is 2.86. The van der Waals surface area contributed by atoms with Crippen molar-refractivity contribution in [3.05, 3.63) is 101 Å². The summed E-state index contributed by atoms with van der Waals surface area (Å²) < 4.78 is 19.7. The molecule has 0 radical (unpaired) electrons. The number of hydrogen-bond acceptors (Lipinski definition) is 3. The number of aryl methyl sites for hydroxylation is 1. The highest BCUT2D eigenvalue weighted by molar-refractivity contribution is 5.97. The minimum Gasteiger partial charge on any atom is -0.497 e. The number of benzene rings is 4. The largest absolute Gasteiger partial charge is 0.497 e. The Bertz CT molecular complexity index is 1320. The lowest BCUT2D eigenvalue weighted by molar-refractivity contribution is -0.136. The SMILES string of the molecule is COc1cccc(C(C)NCc2cc(-c3ccc(F)c(CCC(=O)O)c3)c3ccccc3c2)c1.Cl. The van der Waals surface area contributed by atoms with Crippen LogP contribution in [0.1, 0.15) is 36.1 Å². The maximum absolute atomic E-state index is 14.3. The van der Waals surface area contributed by atoms with E-state index in [1.165, 1.54) is 6.07 Å². The van der Waals surface area contributed by atoms with Crippen molar-refractivity contribution in [1.29, 1.82) is 0 Å². The maximum atomic E-state index is 14.3. The van der Waals surface area contributed by atoms with Gasteiger partial charge in [-0.1, -0.05) is 42.5 Å². The molecule has 4 nitrogen and oxygen atoms in total. The van der Waals surface area contributed by atoms with Gasteiger partial charge in [0.05, 0.1) is 7.11 Å². The van der Waals surface area contributed by atoms with Gasteiger partial charge in [0, 0.05) is 19.0 Å². The molecule has 0 aliphatic heterocycles. The summed E-state index contributed by atoms with van der Waals surface area (Å²) in [6.45, 7) is 2.77. The van der Waals surface area contributed by atoms with E-state index in [1.54, 1.807) is 19.2 Å². The first-order chi connectivity index (χ1) is 16.4. The molecule has 1 atom stereocenters. The summed E-state index contributed by atoms with van der Waals surface area (Å²) in [6, 6.07) is 25.5. The van der Waals surface area contributed by atoms with Crippen molar-refractivity contribution in [3.8, 4) is 16.9 Å². The third-order valence-electron chi connectivity index (χ3n) is 6.09. The summed E-state index contributed by atoms with van der Waals surface area (Å²) >= 11 is 0. The molecule has 4 aromatic carbocycles. The molecule has 1 unspecified atom stereocenters. The van der Waals surface area contributed by atoms with E-state index in [0.717, 1.165) is 38.8 Å². The van der Waals surface area contributed by atoms with Gasteiger partial charge in [0.2, 0.25) is 0 Å². The van der Waals surface area contributed by atoms with Crippen molar-refractivity contribution in [2.75, 3.05) is 7.11 Å². The first-order valence-corrected chi connectivity index (χ1v) is 11.3. The number of carbonyl (C=O) groups is 1. The fourth-order valence-electron chi connectivity index (χ4n) is 4.19. The van der Waals surface area contributed by atoms with E-state index in [2.05, 4.69) is 42.6 Å². The summed E-state index contributed by atoms with van der Waals surface area (Å²) in [5.41, 5.74) is 4.54. The number of ether oxygens (including phenoxy) is 1. The molecule has 0 aromatic heterocycles. The Morgan fingerprint density at radius 3 is 2.60 bits per heavy atom. The van der Waals surface area contributed by atoms with Crippen LogP contribution < -0.4 is 10.1 Å². The third kappa shape index (κ3) is 6.38. The first kappa shape index (κ1) is 26.2. The second kappa shape index (κ2) is 11.8. The van der Waals surface area contributed by atoms with Crippen LogP contribution in [0.5, 0.6) is 5.75 Å². The number of nitrogens with one attached hydrogen (secondary N) is 1. The van der Waals surface area contributed by atoms with Gasteiger partial charge < -0.3 is 15.2 Å². The van der Waals surface area contributed by atoms with Crippen LogP contribution in [-0.4, -0.2) is 18.2 Å². The third-order valence-corrected chi connectivity index (χ3v) is 6.09. The van der Waals surface area contributed by atoms with Crippen LogP contribution >= 0.6 is 12.4 Å². The fourth-order valence-corrected chi connectivity index (χ4v) is 4.19. The standard InChI is InChI=1S/C29H28FNO3.ClH/c1-19(21-7-5-8-25(17-21)34-2)31-18-20-14-22-6-3-4-9-26(22)27(15-20)23-10-12-28(30)24(16-23)11-13-29(32)33;/h3-10,12,14-17,19,31H,11,13,18H2,1-2H3,(H,32,33);1H. The predicted octanol–water partition coefficient (Wildman–Crippen LogP) is 6.94. The Labute approximate surface area is 211 Å². The fraction of sp³-hybridized carbons (Fsp3) is 0.207. The van der Waals surface area contributed by atoms with Gasteiger partial charge in [0.25, 0.3) is 0 Å². The topological polar surface area (TPSA) is 58.6 Å². The summed E-state index contributed by atoms with van der Waals surface area (Å²) in [5.74, 6) is -0.484. The number of methoxy groups -OCH3 is 1. The first-order valence-electron chi connectivity index (χ1n) is 11.3. The molecule has 0 spiro atoms. The van der Waals surface area contributed by atoms with Gasteiger partial charge >= 0.3 is 5.97 Å². The summed E-state index contributed by atoms with van der Waals surface area (Å²) in [7, 11) is 1.66. The molecule has 0 saturated heterocycles. The van der Waals surface area contributed by atoms with Crippen LogP contribution in [0.25, 0.3) is 21.9 Å². The van der Waals surface area contributed by atoms with Gasteiger partial charge in [-0.15, -0.1) is 12.4 Å². The Balaban J connectivity index is 0.00000342. The minimum absolute atomic E-state index is 0. The van der Waals surface area contributed by atoms with E-state index in [0.29, 0.717) is 12.1 Å². The summed E-state index contributed by atoms with van der Waals surface area (Å²) in [6.07, 6.45) is 0.0550. The quantitative estimate of drug-likeness (QED) is 0.265. The van der Waals surface area contributed by atoms with E-state index in [4.69, 9.17) is 9.84 Å². The lowest BCUT2D eigenvalue weighted by atomic mass is 9.93. The zero-order valence-corrected chi connectivity index (χ0v) is 20.6. The normalized spacial score (nSPS) is 11.6. The monoisotopic (exact) mass is 493 g/mol. The van der Waals surface area contributed by atoms with E-state index >= 15 is 0 Å². The van der Waals surface area contributed by atoms with Crippen LogP contribution in [0, 0.1) is 5.82 Å². The molecular weight excluding hydrogens is 465 g/mol. The Kier molecular flexibility index (Phi) is 8.85. The van der Waals surface area contributed by atoms with Crippen LogP contribution in [0.4, 0.5) is 4.39 Å². The number of carboxylic acid groups (broad SMARTS) is 1. The van der Waals surface area contributed by atoms with Gasteiger partial charge in [-0.3, -0.25) is 4.79 Å². The predicted molar refractivity (Wildman–Crippen MR) is 141 cm³/mol. The number of carboxylic acids is 1. The van der Waals surface area contributed by atoms with Crippen LogP contribution in [-0.2, 0) is 17.8 Å². The summed E-state index contributed by atoms with van der Waals surface area (Å²) in [4.78, 5) is 11.0. The average molecular weight is 494 g/mol. The minimum atomic E-state index is -0.937. The Morgan fingerprint density at radius 2 is 1.83 bits per heavy atom. The molecule has 35 heavy (non-hydrogen) atoms. The molecule has 4 aromatic rings. The van der Waals surface area contributed by atoms with Crippen molar-refractivity contribution < 1.29 is 19.0 Å². The molecule has 2 N–H and O–H groups in total. The van der Waals surface area contributed by atoms with Gasteiger partial charge in [-0.25, -0.2) is 4.39 Å². The molecule has 182 valence electrons. The lowest BCUT2D eigenvalue weighted by Gasteiger charge is -2.17. The second-order valence-electron chi connectivity index (χ2n) is 8.44. The molecular formula is C29H29ClFNO3. The van der Waals surface area contributed by atoms with E-state index in [-0.39, 0.29) is 37.1 Å². The molecule has 0 aliphatic rings. The number of aliphatic carboxylic acids is 1. The van der Waals surface area contributed by atoms with Gasteiger partial charge in [0.15, 0.2) is 0 Å². The highest BCUT2D eigenvalue weighted by Gasteiger charge is 2.12. The smallest absolute Gasteiger partial charge is 0.303 e.